The standard InChI is InChI=1S/C23H33FN4OS/c1-2-3-4-5-6-7-8-9-22(29)27-14-16-28(17-15-27)23-25-21(26-30-23)18-19-10-12-20(24)13-11-19/h10-13H,2-9,14-18H2,1H3. The number of amides is 1. The molecule has 0 unspecified atom stereocenters. The van der Waals surface area contributed by atoms with Crippen LogP contribution in [0, 0.1) is 5.82 Å². The third kappa shape index (κ3) is 7.04. The zero-order chi connectivity index (χ0) is 21.2. The van der Waals surface area contributed by atoms with Gasteiger partial charge in [-0.3, -0.25) is 4.79 Å². The molecule has 2 aromatic rings. The van der Waals surface area contributed by atoms with Crippen molar-refractivity contribution in [1.82, 2.24) is 14.3 Å². The molecule has 1 saturated heterocycles. The molecule has 0 bridgehead atoms. The minimum atomic E-state index is -0.231. The van der Waals surface area contributed by atoms with Gasteiger partial charge in [0.25, 0.3) is 0 Å². The van der Waals surface area contributed by atoms with Gasteiger partial charge in [0.15, 0.2) is 0 Å². The molecule has 1 aliphatic heterocycles. The van der Waals surface area contributed by atoms with E-state index in [-0.39, 0.29) is 11.7 Å². The van der Waals surface area contributed by atoms with E-state index in [0.29, 0.717) is 12.8 Å². The average Bonchev–Trinajstić information content (AvgIpc) is 3.23. The Morgan fingerprint density at radius 1 is 1.00 bits per heavy atom. The Labute approximate surface area is 183 Å². The van der Waals surface area contributed by atoms with E-state index in [1.165, 1.54) is 55.8 Å². The SMILES string of the molecule is CCCCCCCCCC(=O)N1CCN(c2nc(Cc3ccc(F)cc3)ns2)CC1. The van der Waals surface area contributed by atoms with Crippen LogP contribution in [0.2, 0.25) is 0 Å². The number of carbonyl (C=O) groups is 1. The quantitative estimate of drug-likeness (QED) is 0.466. The van der Waals surface area contributed by atoms with Gasteiger partial charge in [-0.25, -0.2) is 9.37 Å². The van der Waals surface area contributed by atoms with Crippen molar-refractivity contribution < 1.29 is 9.18 Å². The molecule has 0 aliphatic carbocycles. The molecule has 1 fully saturated rings. The highest BCUT2D eigenvalue weighted by molar-refractivity contribution is 7.09. The number of rotatable bonds is 11. The van der Waals surface area contributed by atoms with E-state index >= 15 is 0 Å². The Bertz CT molecular complexity index is 772. The minimum Gasteiger partial charge on any atom is -0.343 e. The molecular formula is C23H33FN4OS. The van der Waals surface area contributed by atoms with Gasteiger partial charge in [0.2, 0.25) is 11.0 Å². The number of carbonyl (C=O) groups excluding carboxylic acids is 1. The summed E-state index contributed by atoms with van der Waals surface area (Å²) in [6.45, 7) is 5.34. The molecule has 0 radical (unpaired) electrons. The Morgan fingerprint density at radius 2 is 1.67 bits per heavy atom. The van der Waals surface area contributed by atoms with Crippen LogP contribution in [0.5, 0.6) is 0 Å². The van der Waals surface area contributed by atoms with Gasteiger partial charge >= 0.3 is 0 Å². The van der Waals surface area contributed by atoms with Gasteiger partial charge in [-0.15, -0.1) is 0 Å². The Morgan fingerprint density at radius 3 is 2.37 bits per heavy atom. The summed E-state index contributed by atoms with van der Waals surface area (Å²) >= 11 is 1.40. The molecule has 0 N–H and O–H groups in total. The fraction of sp³-hybridized carbons (Fsp3) is 0.609. The van der Waals surface area contributed by atoms with Crippen LogP contribution in [0.15, 0.2) is 24.3 Å². The highest BCUT2D eigenvalue weighted by Crippen LogP contribution is 2.21. The predicted octanol–water partition coefficient (Wildman–Crippen LogP) is 5.06. The van der Waals surface area contributed by atoms with Gasteiger partial charge in [0, 0.05) is 50.6 Å². The number of anilines is 1. The topological polar surface area (TPSA) is 49.3 Å². The molecule has 0 atom stereocenters. The van der Waals surface area contributed by atoms with Crippen LogP contribution < -0.4 is 4.90 Å². The Hall–Kier alpha value is -2.02. The van der Waals surface area contributed by atoms with Crippen molar-refractivity contribution in [2.75, 3.05) is 31.1 Å². The second-order valence-corrected chi connectivity index (χ2v) is 8.77. The van der Waals surface area contributed by atoms with Crippen molar-refractivity contribution in [3.05, 3.63) is 41.5 Å². The van der Waals surface area contributed by atoms with Crippen LogP contribution in [-0.4, -0.2) is 46.3 Å². The highest BCUT2D eigenvalue weighted by Gasteiger charge is 2.23. The number of unbranched alkanes of at least 4 members (excludes halogenated alkanes) is 6. The predicted molar refractivity (Wildman–Crippen MR) is 121 cm³/mol. The number of benzene rings is 1. The summed E-state index contributed by atoms with van der Waals surface area (Å²) in [5.74, 6) is 0.821. The van der Waals surface area contributed by atoms with Gasteiger partial charge in [-0.05, 0) is 24.1 Å². The minimum absolute atomic E-state index is 0.231. The molecule has 1 aromatic heterocycles. The van der Waals surface area contributed by atoms with Gasteiger partial charge in [0.1, 0.15) is 11.6 Å². The van der Waals surface area contributed by atoms with Crippen LogP contribution in [0.4, 0.5) is 9.52 Å². The summed E-state index contributed by atoms with van der Waals surface area (Å²) in [4.78, 5) is 21.3. The summed E-state index contributed by atoms with van der Waals surface area (Å²) in [6, 6.07) is 6.47. The second-order valence-electron chi connectivity index (χ2n) is 8.04. The van der Waals surface area contributed by atoms with Gasteiger partial charge in [0.05, 0.1) is 0 Å². The smallest absolute Gasteiger partial charge is 0.222 e. The van der Waals surface area contributed by atoms with Crippen molar-refractivity contribution in [2.24, 2.45) is 0 Å². The van der Waals surface area contributed by atoms with Crippen molar-refractivity contribution in [3.8, 4) is 0 Å². The first-order chi connectivity index (χ1) is 14.7. The number of nitrogens with zero attached hydrogens (tertiary/aromatic N) is 4. The lowest BCUT2D eigenvalue weighted by Crippen LogP contribution is -2.48. The summed E-state index contributed by atoms with van der Waals surface area (Å²) in [5.41, 5.74) is 1.00. The molecule has 7 heteroatoms. The third-order valence-electron chi connectivity index (χ3n) is 5.63. The molecule has 0 spiro atoms. The van der Waals surface area contributed by atoms with E-state index in [1.807, 2.05) is 4.90 Å². The molecule has 1 aromatic carbocycles. The Kier molecular flexibility index (Phi) is 9.05. The van der Waals surface area contributed by atoms with Crippen LogP contribution in [0.1, 0.15) is 69.7 Å². The molecule has 1 amide bonds. The fourth-order valence-corrected chi connectivity index (χ4v) is 4.51. The second kappa shape index (κ2) is 12.0. The maximum atomic E-state index is 13.0. The molecular weight excluding hydrogens is 399 g/mol. The Balaban J connectivity index is 1.36. The van der Waals surface area contributed by atoms with E-state index in [1.54, 1.807) is 12.1 Å². The van der Waals surface area contributed by atoms with Crippen LogP contribution in [0.3, 0.4) is 0 Å². The van der Waals surface area contributed by atoms with Crippen LogP contribution >= 0.6 is 11.5 Å². The molecule has 164 valence electrons. The van der Waals surface area contributed by atoms with Gasteiger partial charge < -0.3 is 9.80 Å². The maximum Gasteiger partial charge on any atom is 0.222 e. The zero-order valence-electron chi connectivity index (χ0n) is 18.0. The number of hydrogen-bond donors (Lipinski definition) is 0. The first kappa shape index (κ1) is 22.7. The zero-order valence-corrected chi connectivity index (χ0v) is 18.8. The maximum absolute atomic E-state index is 13.0. The third-order valence-corrected chi connectivity index (χ3v) is 6.44. The lowest BCUT2D eigenvalue weighted by atomic mass is 10.1. The van der Waals surface area contributed by atoms with Crippen molar-refractivity contribution in [3.63, 3.8) is 0 Å². The van der Waals surface area contributed by atoms with E-state index in [0.717, 1.165) is 55.5 Å². The number of aromatic nitrogens is 2. The van der Waals surface area contributed by atoms with Gasteiger partial charge in [-0.1, -0.05) is 57.6 Å². The number of hydrogen-bond acceptors (Lipinski definition) is 5. The van der Waals surface area contributed by atoms with E-state index in [2.05, 4.69) is 21.2 Å². The average molecular weight is 433 g/mol. The monoisotopic (exact) mass is 432 g/mol. The molecule has 3 rings (SSSR count). The van der Waals surface area contributed by atoms with Crippen molar-refractivity contribution in [2.45, 2.75) is 64.7 Å². The normalized spacial score (nSPS) is 14.3. The summed E-state index contributed by atoms with van der Waals surface area (Å²) in [6.07, 6.45) is 9.92. The van der Waals surface area contributed by atoms with Crippen LogP contribution in [0.25, 0.3) is 0 Å². The first-order valence-electron chi connectivity index (χ1n) is 11.3. The van der Waals surface area contributed by atoms with Crippen molar-refractivity contribution in [1.29, 1.82) is 0 Å². The largest absolute Gasteiger partial charge is 0.343 e. The van der Waals surface area contributed by atoms with E-state index in [9.17, 15) is 9.18 Å². The number of piperazine rings is 1. The van der Waals surface area contributed by atoms with E-state index in [4.69, 9.17) is 0 Å². The molecule has 30 heavy (non-hydrogen) atoms. The highest BCUT2D eigenvalue weighted by atomic mass is 32.1. The summed E-state index contributed by atoms with van der Waals surface area (Å²) in [5, 5.41) is 0.909. The number of halogens is 1. The summed E-state index contributed by atoms with van der Waals surface area (Å²) in [7, 11) is 0. The van der Waals surface area contributed by atoms with E-state index < -0.39 is 0 Å². The van der Waals surface area contributed by atoms with Crippen molar-refractivity contribution >= 4 is 22.6 Å². The summed E-state index contributed by atoms with van der Waals surface area (Å²) < 4.78 is 17.5. The molecule has 0 saturated carbocycles. The lowest BCUT2D eigenvalue weighted by molar-refractivity contribution is -0.131. The molecule has 5 nitrogen and oxygen atoms in total. The molecule has 1 aliphatic rings. The fourth-order valence-electron chi connectivity index (χ4n) is 3.77. The van der Waals surface area contributed by atoms with Crippen LogP contribution in [-0.2, 0) is 11.2 Å². The molecule has 2 heterocycles. The van der Waals surface area contributed by atoms with Gasteiger partial charge in [-0.2, -0.15) is 4.37 Å². The lowest BCUT2D eigenvalue weighted by Gasteiger charge is -2.34. The first-order valence-corrected chi connectivity index (χ1v) is 12.0.